The Morgan fingerprint density at radius 3 is 2.67 bits per heavy atom. The maximum Gasteiger partial charge on any atom is 0.254 e. The van der Waals surface area contributed by atoms with Crippen molar-refractivity contribution >= 4 is 22.4 Å². The second-order valence-electron chi connectivity index (χ2n) is 4.31. The molecule has 4 nitrogen and oxygen atoms in total. The smallest absolute Gasteiger partial charge is 0.254 e. The van der Waals surface area contributed by atoms with E-state index >= 15 is 0 Å². The Hall–Kier alpha value is -1.91. The summed E-state index contributed by atoms with van der Waals surface area (Å²) in [4.78, 5) is 11.5. The van der Waals surface area contributed by atoms with Crippen molar-refractivity contribution < 1.29 is 9.90 Å². The average Bonchev–Trinajstić information content (AvgIpc) is 2.38. The van der Waals surface area contributed by atoms with Gasteiger partial charge < -0.3 is 16.2 Å². The molecule has 2 rings (SSSR count). The van der Waals surface area contributed by atoms with Crippen LogP contribution in [0.4, 0.5) is 5.69 Å². The minimum Gasteiger partial charge on any atom is -0.382 e. The number of nitrogens with one attached hydrogen (secondary N) is 1. The molecule has 1 atom stereocenters. The van der Waals surface area contributed by atoms with Gasteiger partial charge in [-0.2, -0.15) is 0 Å². The van der Waals surface area contributed by atoms with Crippen molar-refractivity contribution in [1.82, 2.24) is 0 Å². The van der Waals surface area contributed by atoms with Crippen LogP contribution in [-0.2, 0) is 4.79 Å². The fourth-order valence-corrected chi connectivity index (χ4v) is 1.78. The van der Waals surface area contributed by atoms with E-state index in [9.17, 15) is 9.90 Å². The number of carbonyl (C=O) groups is 1. The van der Waals surface area contributed by atoms with Gasteiger partial charge >= 0.3 is 0 Å². The summed E-state index contributed by atoms with van der Waals surface area (Å²) in [5, 5.41) is 14.1. The molecule has 0 aliphatic carbocycles. The molecule has 0 saturated carbocycles. The van der Waals surface area contributed by atoms with Crippen molar-refractivity contribution in [3.63, 3.8) is 0 Å². The highest BCUT2D eigenvalue weighted by atomic mass is 16.3. The largest absolute Gasteiger partial charge is 0.382 e. The topological polar surface area (TPSA) is 75.3 Å². The molecule has 2 aromatic rings. The van der Waals surface area contributed by atoms with Gasteiger partial charge in [0.05, 0.1) is 0 Å². The van der Waals surface area contributed by atoms with Crippen LogP contribution < -0.4 is 11.1 Å². The molecular formula is C14H16N2O2. The van der Waals surface area contributed by atoms with Gasteiger partial charge in [-0.1, -0.05) is 29.8 Å². The van der Waals surface area contributed by atoms with Gasteiger partial charge in [0.15, 0.2) is 0 Å². The van der Waals surface area contributed by atoms with Crippen LogP contribution in [0.25, 0.3) is 10.8 Å². The third-order valence-corrected chi connectivity index (χ3v) is 2.79. The SMILES string of the molecule is Cc1ccc2cc(NC(=O)C(O)CN)ccc2c1. The van der Waals surface area contributed by atoms with E-state index in [1.807, 2.05) is 37.3 Å². The third kappa shape index (κ3) is 2.67. The van der Waals surface area contributed by atoms with Crippen molar-refractivity contribution in [2.24, 2.45) is 5.73 Å². The molecule has 0 bridgehead atoms. The Kier molecular flexibility index (Phi) is 3.60. The van der Waals surface area contributed by atoms with Crippen molar-refractivity contribution in [3.8, 4) is 0 Å². The number of anilines is 1. The van der Waals surface area contributed by atoms with E-state index in [1.165, 1.54) is 5.56 Å². The molecule has 0 aliphatic heterocycles. The van der Waals surface area contributed by atoms with E-state index in [1.54, 1.807) is 0 Å². The van der Waals surface area contributed by atoms with E-state index in [-0.39, 0.29) is 6.54 Å². The lowest BCUT2D eigenvalue weighted by Gasteiger charge is -2.10. The van der Waals surface area contributed by atoms with Crippen LogP contribution in [0, 0.1) is 6.92 Å². The van der Waals surface area contributed by atoms with Crippen molar-refractivity contribution in [1.29, 1.82) is 0 Å². The number of carbonyl (C=O) groups excluding carboxylic acids is 1. The first-order chi connectivity index (χ1) is 8.60. The minimum atomic E-state index is -1.17. The van der Waals surface area contributed by atoms with Crippen LogP contribution in [0.3, 0.4) is 0 Å². The summed E-state index contributed by atoms with van der Waals surface area (Å²) >= 11 is 0. The van der Waals surface area contributed by atoms with E-state index in [2.05, 4.69) is 11.4 Å². The molecule has 0 spiro atoms. The lowest BCUT2D eigenvalue weighted by molar-refractivity contribution is -0.123. The van der Waals surface area contributed by atoms with Gasteiger partial charge in [0.2, 0.25) is 0 Å². The van der Waals surface area contributed by atoms with Crippen LogP contribution in [-0.4, -0.2) is 23.7 Å². The second-order valence-corrected chi connectivity index (χ2v) is 4.31. The molecule has 0 heterocycles. The molecule has 94 valence electrons. The molecule has 1 unspecified atom stereocenters. The van der Waals surface area contributed by atoms with Gasteiger partial charge in [-0.3, -0.25) is 4.79 Å². The summed E-state index contributed by atoms with van der Waals surface area (Å²) in [7, 11) is 0. The standard InChI is InChI=1S/C14H16N2O2/c1-9-2-3-11-7-12(5-4-10(11)6-9)16-14(18)13(17)8-15/h2-7,13,17H,8,15H2,1H3,(H,16,18). The number of amides is 1. The van der Waals surface area contributed by atoms with Crippen LogP contribution >= 0.6 is 0 Å². The summed E-state index contributed by atoms with van der Waals surface area (Å²) in [6, 6.07) is 11.7. The second kappa shape index (κ2) is 5.16. The Bertz CT molecular complexity index is 581. The Balaban J connectivity index is 2.25. The van der Waals surface area contributed by atoms with Crippen molar-refractivity contribution in [3.05, 3.63) is 42.0 Å². The van der Waals surface area contributed by atoms with E-state index in [4.69, 9.17) is 5.73 Å². The molecular weight excluding hydrogens is 228 g/mol. The zero-order valence-electron chi connectivity index (χ0n) is 10.2. The summed E-state index contributed by atoms with van der Waals surface area (Å²) in [6.07, 6.45) is -1.17. The van der Waals surface area contributed by atoms with E-state index < -0.39 is 12.0 Å². The summed E-state index contributed by atoms with van der Waals surface area (Å²) < 4.78 is 0. The Labute approximate surface area is 105 Å². The number of aliphatic hydroxyl groups excluding tert-OH is 1. The quantitative estimate of drug-likeness (QED) is 0.764. The van der Waals surface area contributed by atoms with Gasteiger partial charge in [-0.25, -0.2) is 0 Å². The summed E-state index contributed by atoms with van der Waals surface area (Å²) in [5.74, 6) is -0.482. The maximum absolute atomic E-state index is 11.5. The number of aryl methyl sites for hydroxylation is 1. The molecule has 4 heteroatoms. The minimum absolute atomic E-state index is 0.0847. The van der Waals surface area contributed by atoms with Gasteiger partial charge in [0, 0.05) is 12.2 Å². The number of nitrogens with two attached hydrogens (primary N) is 1. The molecule has 0 fully saturated rings. The predicted molar refractivity (Wildman–Crippen MR) is 72.4 cm³/mol. The molecule has 0 aromatic heterocycles. The molecule has 1 amide bonds. The van der Waals surface area contributed by atoms with Gasteiger partial charge in [-0.05, 0) is 29.8 Å². The zero-order valence-corrected chi connectivity index (χ0v) is 10.2. The van der Waals surface area contributed by atoms with Crippen molar-refractivity contribution in [2.45, 2.75) is 13.0 Å². The van der Waals surface area contributed by atoms with E-state index in [0.29, 0.717) is 5.69 Å². The van der Waals surface area contributed by atoms with E-state index in [0.717, 1.165) is 10.8 Å². The predicted octanol–water partition coefficient (Wildman–Crippen LogP) is 1.41. The van der Waals surface area contributed by atoms with Crippen LogP contribution in [0.15, 0.2) is 36.4 Å². The fourth-order valence-electron chi connectivity index (χ4n) is 1.78. The monoisotopic (exact) mass is 244 g/mol. The Morgan fingerprint density at radius 1 is 1.28 bits per heavy atom. The molecule has 0 radical (unpaired) electrons. The normalized spacial score (nSPS) is 12.4. The Morgan fingerprint density at radius 2 is 1.94 bits per heavy atom. The highest BCUT2D eigenvalue weighted by Gasteiger charge is 2.12. The van der Waals surface area contributed by atoms with Crippen LogP contribution in [0.5, 0.6) is 0 Å². The highest BCUT2D eigenvalue weighted by molar-refractivity contribution is 5.96. The lowest BCUT2D eigenvalue weighted by Crippen LogP contribution is -2.34. The van der Waals surface area contributed by atoms with Crippen LogP contribution in [0.1, 0.15) is 5.56 Å². The fraction of sp³-hybridized carbons (Fsp3) is 0.214. The molecule has 2 aromatic carbocycles. The first-order valence-corrected chi connectivity index (χ1v) is 5.79. The maximum atomic E-state index is 11.5. The number of hydrogen-bond donors (Lipinski definition) is 3. The number of rotatable bonds is 3. The number of hydrogen-bond acceptors (Lipinski definition) is 3. The number of fused-ring (bicyclic) bond motifs is 1. The van der Waals surface area contributed by atoms with Gasteiger partial charge in [0.1, 0.15) is 6.10 Å². The summed E-state index contributed by atoms with van der Waals surface area (Å²) in [5.41, 5.74) is 7.07. The zero-order chi connectivity index (χ0) is 13.1. The van der Waals surface area contributed by atoms with Crippen LogP contribution in [0.2, 0.25) is 0 Å². The molecule has 0 saturated heterocycles. The summed E-state index contributed by atoms with van der Waals surface area (Å²) in [6.45, 7) is 1.95. The van der Waals surface area contributed by atoms with Crippen molar-refractivity contribution in [2.75, 3.05) is 11.9 Å². The number of benzene rings is 2. The molecule has 18 heavy (non-hydrogen) atoms. The molecule has 4 N–H and O–H groups in total. The number of aliphatic hydroxyl groups is 1. The first-order valence-electron chi connectivity index (χ1n) is 5.79. The first kappa shape index (κ1) is 12.5. The average molecular weight is 244 g/mol. The highest BCUT2D eigenvalue weighted by Crippen LogP contribution is 2.20. The third-order valence-electron chi connectivity index (χ3n) is 2.79. The van der Waals surface area contributed by atoms with Gasteiger partial charge in [-0.15, -0.1) is 0 Å². The lowest BCUT2D eigenvalue weighted by atomic mass is 10.1. The molecule has 0 aliphatic rings. The van der Waals surface area contributed by atoms with Gasteiger partial charge in [0.25, 0.3) is 5.91 Å².